The predicted octanol–water partition coefficient (Wildman–Crippen LogP) is 2.72. The second-order valence-corrected chi connectivity index (χ2v) is 6.13. The second kappa shape index (κ2) is 4.18. The fraction of sp³-hybridized carbons (Fsp3) is 0.545. The van der Waals surface area contributed by atoms with Crippen molar-refractivity contribution < 1.29 is 0 Å². The van der Waals surface area contributed by atoms with Crippen molar-refractivity contribution in [2.45, 2.75) is 24.6 Å². The molecule has 2 nitrogen and oxygen atoms in total. The maximum absolute atomic E-state index is 4.55. The predicted molar refractivity (Wildman–Crippen MR) is 67.6 cm³/mol. The minimum Gasteiger partial charge on any atom is -0.361 e. The van der Waals surface area contributed by atoms with Crippen LogP contribution in [0.1, 0.15) is 18.4 Å². The molecule has 1 aromatic heterocycles. The Morgan fingerprint density at radius 1 is 1.47 bits per heavy atom. The lowest BCUT2D eigenvalue weighted by Gasteiger charge is -2.06. The summed E-state index contributed by atoms with van der Waals surface area (Å²) < 4.78 is 0. The van der Waals surface area contributed by atoms with Gasteiger partial charge in [0.15, 0.2) is 5.17 Å². The Morgan fingerprint density at radius 3 is 3.13 bits per heavy atom. The van der Waals surface area contributed by atoms with Gasteiger partial charge in [-0.25, -0.2) is 0 Å². The molecule has 15 heavy (non-hydrogen) atoms. The van der Waals surface area contributed by atoms with Crippen LogP contribution in [-0.2, 0) is 6.54 Å². The fourth-order valence-electron chi connectivity index (χ4n) is 1.77. The number of thioether (sulfide) groups is 1. The van der Waals surface area contributed by atoms with E-state index in [-0.39, 0.29) is 0 Å². The molecule has 1 unspecified atom stereocenters. The van der Waals surface area contributed by atoms with Crippen molar-refractivity contribution in [1.82, 2.24) is 5.32 Å². The Kier molecular flexibility index (Phi) is 2.71. The van der Waals surface area contributed by atoms with Gasteiger partial charge in [0.2, 0.25) is 0 Å². The first kappa shape index (κ1) is 9.73. The zero-order valence-corrected chi connectivity index (χ0v) is 10.1. The lowest BCUT2D eigenvalue weighted by Crippen LogP contribution is -2.18. The molecule has 1 saturated carbocycles. The first-order valence-electron chi connectivity index (χ1n) is 5.38. The molecule has 4 heteroatoms. The third kappa shape index (κ3) is 2.37. The summed E-state index contributed by atoms with van der Waals surface area (Å²) >= 11 is 3.70. The van der Waals surface area contributed by atoms with Crippen molar-refractivity contribution >= 4 is 28.3 Å². The van der Waals surface area contributed by atoms with Crippen LogP contribution in [0.15, 0.2) is 21.8 Å². The van der Waals surface area contributed by atoms with E-state index in [1.807, 2.05) is 11.8 Å². The Hall–Kier alpha value is -0.480. The molecule has 0 radical (unpaired) electrons. The maximum atomic E-state index is 4.55. The van der Waals surface area contributed by atoms with Crippen LogP contribution in [0.3, 0.4) is 0 Å². The van der Waals surface area contributed by atoms with Crippen molar-refractivity contribution in [2.24, 2.45) is 10.9 Å². The van der Waals surface area contributed by atoms with Crippen molar-refractivity contribution in [2.75, 3.05) is 6.54 Å². The smallest absolute Gasteiger partial charge is 0.157 e. The number of aliphatic imine (C=N–C) groups is 1. The van der Waals surface area contributed by atoms with Gasteiger partial charge in [0, 0.05) is 11.8 Å². The molecule has 2 aliphatic rings. The number of thiophene rings is 1. The molecule has 80 valence electrons. The van der Waals surface area contributed by atoms with Gasteiger partial charge in [-0.15, -0.1) is 0 Å². The molecule has 0 bridgehead atoms. The topological polar surface area (TPSA) is 24.4 Å². The van der Waals surface area contributed by atoms with Gasteiger partial charge in [-0.2, -0.15) is 11.3 Å². The van der Waals surface area contributed by atoms with E-state index in [0.29, 0.717) is 0 Å². The summed E-state index contributed by atoms with van der Waals surface area (Å²) in [7, 11) is 0. The van der Waals surface area contributed by atoms with Crippen LogP contribution >= 0.6 is 23.1 Å². The summed E-state index contributed by atoms with van der Waals surface area (Å²) in [5.41, 5.74) is 1.36. The van der Waals surface area contributed by atoms with E-state index < -0.39 is 0 Å². The van der Waals surface area contributed by atoms with Gasteiger partial charge in [0.25, 0.3) is 0 Å². The van der Waals surface area contributed by atoms with E-state index in [4.69, 9.17) is 0 Å². The molecule has 0 spiro atoms. The van der Waals surface area contributed by atoms with Crippen molar-refractivity contribution in [3.05, 3.63) is 22.4 Å². The van der Waals surface area contributed by atoms with E-state index in [1.165, 1.54) is 18.4 Å². The highest BCUT2D eigenvalue weighted by Crippen LogP contribution is 2.41. The molecule has 3 rings (SSSR count). The van der Waals surface area contributed by atoms with Crippen molar-refractivity contribution in [1.29, 1.82) is 0 Å². The second-order valence-electron chi connectivity index (χ2n) is 4.12. The molecule has 0 amide bonds. The third-order valence-electron chi connectivity index (χ3n) is 2.85. The molecule has 2 heterocycles. The minimum atomic E-state index is 0.773. The van der Waals surface area contributed by atoms with Crippen molar-refractivity contribution in [3.8, 4) is 0 Å². The number of hydrogen-bond donors (Lipinski definition) is 1. The van der Waals surface area contributed by atoms with Gasteiger partial charge in [-0.1, -0.05) is 11.8 Å². The number of hydrogen-bond acceptors (Lipinski definition) is 4. The Balaban J connectivity index is 1.48. The molecule has 1 aliphatic heterocycles. The number of nitrogens with one attached hydrogen (secondary N) is 1. The monoisotopic (exact) mass is 238 g/mol. The van der Waals surface area contributed by atoms with E-state index in [1.54, 1.807) is 11.3 Å². The highest BCUT2D eigenvalue weighted by atomic mass is 32.2. The molecular formula is C11H14N2S2. The number of amidine groups is 1. The summed E-state index contributed by atoms with van der Waals surface area (Å²) in [4.78, 5) is 4.55. The maximum Gasteiger partial charge on any atom is 0.157 e. The van der Waals surface area contributed by atoms with Gasteiger partial charge in [0.05, 0.1) is 6.54 Å². The Morgan fingerprint density at radius 2 is 2.40 bits per heavy atom. The molecule has 0 aromatic carbocycles. The normalized spacial score (nSPS) is 25.3. The van der Waals surface area contributed by atoms with Crippen LogP contribution in [0.4, 0.5) is 0 Å². The van der Waals surface area contributed by atoms with Gasteiger partial charge in [-0.05, 0) is 41.1 Å². The zero-order valence-electron chi connectivity index (χ0n) is 8.48. The standard InChI is InChI=1S/C11H14N2S2/c1-2-9(1)10-6-13-11(15-10)12-5-8-3-4-14-7-8/h3-4,7,9-10H,1-2,5-6H2,(H,12,13). The number of rotatable bonds is 3. The largest absolute Gasteiger partial charge is 0.361 e. The summed E-state index contributed by atoms with van der Waals surface area (Å²) in [5.74, 6) is 0.958. The first-order valence-corrected chi connectivity index (χ1v) is 7.20. The van der Waals surface area contributed by atoms with Crippen LogP contribution in [0.2, 0.25) is 0 Å². The van der Waals surface area contributed by atoms with Gasteiger partial charge in [-0.3, -0.25) is 4.99 Å². The van der Waals surface area contributed by atoms with Crippen LogP contribution in [0, 0.1) is 5.92 Å². The molecule has 1 atom stereocenters. The molecule has 1 aromatic rings. The third-order valence-corrected chi connectivity index (χ3v) is 4.91. The lowest BCUT2D eigenvalue weighted by atomic mass is 10.3. The van der Waals surface area contributed by atoms with E-state index >= 15 is 0 Å². The Labute approximate surface area is 98.2 Å². The SMILES string of the molecule is c1cc(CNC2=NCC(C3CC3)S2)cs1. The van der Waals surface area contributed by atoms with Crippen molar-refractivity contribution in [3.63, 3.8) is 0 Å². The van der Waals surface area contributed by atoms with E-state index in [2.05, 4.69) is 27.1 Å². The van der Waals surface area contributed by atoms with Gasteiger partial charge < -0.3 is 5.32 Å². The summed E-state index contributed by atoms with van der Waals surface area (Å²) in [6, 6.07) is 2.16. The van der Waals surface area contributed by atoms with Crippen LogP contribution in [0.5, 0.6) is 0 Å². The van der Waals surface area contributed by atoms with Gasteiger partial charge in [0.1, 0.15) is 0 Å². The van der Waals surface area contributed by atoms with E-state index in [0.717, 1.165) is 29.4 Å². The summed E-state index contributed by atoms with van der Waals surface area (Å²) in [6.45, 7) is 1.95. The summed E-state index contributed by atoms with van der Waals surface area (Å²) in [5, 5.41) is 9.65. The highest BCUT2D eigenvalue weighted by molar-refractivity contribution is 8.14. The van der Waals surface area contributed by atoms with Crippen LogP contribution in [-0.4, -0.2) is 17.0 Å². The van der Waals surface area contributed by atoms with Crippen LogP contribution in [0.25, 0.3) is 0 Å². The fourth-order valence-corrected chi connectivity index (χ4v) is 3.65. The average Bonchev–Trinajstić information content (AvgIpc) is 2.82. The van der Waals surface area contributed by atoms with Crippen LogP contribution < -0.4 is 5.32 Å². The number of nitrogens with zero attached hydrogens (tertiary/aromatic N) is 1. The first-order chi connectivity index (χ1) is 7.42. The highest BCUT2D eigenvalue weighted by Gasteiger charge is 2.35. The zero-order chi connectivity index (χ0) is 10.1. The molecule has 1 aliphatic carbocycles. The quantitative estimate of drug-likeness (QED) is 0.875. The minimum absolute atomic E-state index is 0.773. The van der Waals surface area contributed by atoms with Gasteiger partial charge >= 0.3 is 0 Å². The lowest BCUT2D eigenvalue weighted by molar-refractivity contribution is 0.772. The molecule has 1 fully saturated rings. The summed E-state index contributed by atoms with van der Waals surface area (Å²) in [6.07, 6.45) is 2.84. The molecule has 0 saturated heterocycles. The average molecular weight is 238 g/mol. The molecular weight excluding hydrogens is 224 g/mol. The Bertz CT molecular complexity index is 355. The van der Waals surface area contributed by atoms with E-state index in [9.17, 15) is 0 Å². The molecule has 1 N–H and O–H groups in total.